The number of carbonyl (C=O) groups is 1. The van der Waals surface area contributed by atoms with E-state index in [1.165, 1.54) is 4.90 Å². The molecule has 166 valence electrons. The highest BCUT2D eigenvalue weighted by Gasteiger charge is 2.22. The van der Waals surface area contributed by atoms with E-state index in [2.05, 4.69) is 12.1 Å². The van der Waals surface area contributed by atoms with Crippen LogP contribution >= 0.6 is 0 Å². The molecule has 0 radical (unpaired) electrons. The Balaban J connectivity index is 1.46. The van der Waals surface area contributed by atoms with Gasteiger partial charge in [-0.15, -0.1) is 0 Å². The lowest BCUT2D eigenvalue weighted by molar-refractivity contribution is -0.921. The second-order valence-electron chi connectivity index (χ2n) is 8.10. The molecule has 0 aliphatic carbocycles. The van der Waals surface area contributed by atoms with Gasteiger partial charge in [-0.1, -0.05) is 60.7 Å². The first-order chi connectivity index (χ1) is 16.3. The van der Waals surface area contributed by atoms with Crippen LogP contribution in [0.3, 0.4) is 0 Å². The molecule has 0 aromatic heterocycles. The molecule has 0 saturated carbocycles. The molecule has 0 amide bonds. The van der Waals surface area contributed by atoms with Gasteiger partial charge in [-0.25, -0.2) is 4.79 Å². The molecule has 0 unspecified atom stereocenters. The minimum absolute atomic E-state index is 0.388. The van der Waals surface area contributed by atoms with Gasteiger partial charge in [0, 0.05) is 0 Å². The smallest absolute Gasteiger partial charge is 0.347 e. The van der Waals surface area contributed by atoms with E-state index in [1.54, 1.807) is 12.1 Å². The number of hydrogen-bond donors (Lipinski definition) is 1. The van der Waals surface area contributed by atoms with Crippen molar-refractivity contribution in [3.05, 3.63) is 102 Å². The van der Waals surface area contributed by atoms with E-state index in [0.717, 1.165) is 49.2 Å². The average molecular weight is 441 g/mol. The number of ether oxygens (including phenoxy) is 3. The number of benzene rings is 4. The molecule has 1 aliphatic rings. The van der Waals surface area contributed by atoms with E-state index in [0.29, 0.717) is 22.8 Å². The Morgan fingerprint density at radius 1 is 0.788 bits per heavy atom. The summed E-state index contributed by atoms with van der Waals surface area (Å²) < 4.78 is 17.5. The Labute approximate surface area is 193 Å². The van der Waals surface area contributed by atoms with Crippen LogP contribution in [0.25, 0.3) is 10.8 Å². The van der Waals surface area contributed by atoms with Crippen LogP contribution in [0.5, 0.6) is 17.2 Å². The van der Waals surface area contributed by atoms with Gasteiger partial charge in [-0.05, 0) is 41.1 Å². The van der Waals surface area contributed by atoms with Crippen molar-refractivity contribution < 1.29 is 23.9 Å². The third kappa shape index (κ3) is 4.90. The van der Waals surface area contributed by atoms with Crippen LogP contribution in [0.2, 0.25) is 0 Å². The summed E-state index contributed by atoms with van der Waals surface area (Å²) in [6.07, 6.45) is 0. The lowest BCUT2D eigenvalue weighted by atomic mass is 10.0. The highest BCUT2D eigenvalue weighted by Crippen LogP contribution is 2.30. The fraction of sp³-hybridized carbons (Fsp3) is 0.179. The molecular formula is C28H26NO4+. The number of hydrogen-bond acceptors (Lipinski definition) is 4. The molecule has 0 bridgehead atoms. The van der Waals surface area contributed by atoms with E-state index in [1.807, 2.05) is 66.7 Å². The van der Waals surface area contributed by atoms with E-state index in [-0.39, 0.29) is 0 Å². The summed E-state index contributed by atoms with van der Waals surface area (Å²) in [7, 11) is 0. The molecular weight excluding hydrogens is 414 g/mol. The van der Waals surface area contributed by atoms with E-state index in [4.69, 9.17) is 14.2 Å². The molecule has 0 atom stereocenters. The van der Waals surface area contributed by atoms with Crippen LogP contribution in [0.15, 0.2) is 91.0 Å². The summed E-state index contributed by atoms with van der Waals surface area (Å²) in [4.78, 5) is 14.7. The molecule has 1 heterocycles. The molecule has 1 N–H and O–H groups in total. The maximum atomic E-state index is 13.3. The molecule has 1 saturated heterocycles. The Bertz CT molecular complexity index is 1250. The minimum atomic E-state index is -0.435. The number of quaternary nitrogens is 1. The van der Waals surface area contributed by atoms with E-state index < -0.39 is 5.97 Å². The molecule has 5 nitrogen and oxygen atoms in total. The number of para-hydroxylation sites is 2. The number of morpholine rings is 1. The quantitative estimate of drug-likeness (QED) is 0.359. The predicted octanol–water partition coefficient (Wildman–Crippen LogP) is 4.27. The van der Waals surface area contributed by atoms with E-state index in [9.17, 15) is 4.79 Å². The number of fused-ring (bicyclic) bond motifs is 1. The van der Waals surface area contributed by atoms with Gasteiger partial charge in [-0.3, -0.25) is 0 Å². The monoisotopic (exact) mass is 440 g/mol. The normalized spacial score (nSPS) is 14.2. The first-order valence-corrected chi connectivity index (χ1v) is 11.2. The van der Waals surface area contributed by atoms with Crippen molar-refractivity contribution in [2.24, 2.45) is 0 Å². The molecule has 4 aromatic carbocycles. The van der Waals surface area contributed by atoms with Gasteiger partial charge < -0.3 is 19.1 Å². The van der Waals surface area contributed by atoms with Gasteiger partial charge >= 0.3 is 5.97 Å². The summed E-state index contributed by atoms with van der Waals surface area (Å²) in [6.45, 7) is 4.14. The Kier molecular flexibility index (Phi) is 6.33. The fourth-order valence-corrected chi connectivity index (χ4v) is 4.18. The predicted molar refractivity (Wildman–Crippen MR) is 127 cm³/mol. The van der Waals surface area contributed by atoms with Crippen LogP contribution < -0.4 is 14.4 Å². The maximum Gasteiger partial charge on any atom is 0.347 e. The molecule has 1 fully saturated rings. The summed E-state index contributed by atoms with van der Waals surface area (Å²) in [5.41, 5.74) is 1.43. The maximum absolute atomic E-state index is 13.3. The van der Waals surface area contributed by atoms with Crippen LogP contribution in [0, 0.1) is 0 Å². The van der Waals surface area contributed by atoms with Crippen molar-refractivity contribution in [3.63, 3.8) is 0 Å². The lowest BCUT2D eigenvalue weighted by Gasteiger charge is -2.25. The number of esters is 1. The van der Waals surface area contributed by atoms with Gasteiger partial charge in [0.1, 0.15) is 42.4 Å². The van der Waals surface area contributed by atoms with Gasteiger partial charge in [0.2, 0.25) is 0 Å². The van der Waals surface area contributed by atoms with Gasteiger partial charge in [-0.2, -0.15) is 0 Å². The fourth-order valence-electron chi connectivity index (χ4n) is 4.18. The molecule has 1 aliphatic heterocycles. The first kappa shape index (κ1) is 21.2. The van der Waals surface area contributed by atoms with Crippen LogP contribution in [-0.4, -0.2) is 32.3 Å². The summed E-state index contributed by atoms with van der Waals surface area (Å²) >= 11 is 0. The van der Waals surface area contributed by atoms with Crippen LogP contribution in [-0.2, 0) is 11.3 Å². The number of nitrogens with one attached hydrogen (secondary N) is 1. The summed E-state index contributed by atoms with van der Waals surface area (Å²) in [5, 5.41) is 2.24. The van der Waals surface area contributed by atoms with Crippen LogP contribution in [0.4, 0.5) is 0 Å². The minimum Gasteiger partial charge on any atom is -0.456 e. The van der Waals surface area contributed by atoms with Gasteiger partial charge in [0.05, 0.1) is 18.8 Å². The van der Waals surface area contributed by atoms with Gasteiger partial charge in [0.25, 0.3) is 0 Å². The topological polar surface area (TPSA) is 49.2 Å². The van der Waals surface area contributed by atoms with Gasteiger partial charge in [0.15, 0.2) is 0 Å². The number of carbonyl (C=O) groups excluding carboxylic acids is 1. The third-order valence-electron chi connectivity index (χ3n) is 5.90. The zero-order valence-electron chi connectivity index (χ0n) is 18.3. The molecule has 33 heavy (non-hydrogen) atoms. The van der Waals surface area contributed by atoms with Crippen molar-refractivity contribution in [1.29, 1.82) is 0 Å². The average Bonchev–Trinajstić information content (AvgIpc) is 2.87. The molecule has 5 heteroatoms. The number of rotatable bonds is 6. The standard InChI is InChI=1S/C28H25NO4/c30-28(24-12-6-7-13-26(24)32-22-9-2-1-3-10-22)33-27-15-14-21-8-4-5-11-23(21)25(27)20-29-16-18-31-19-17-29/h1-15H,16-20H2/p+1. The molecule has 4 aromatic rings. The Morgan fingerprint density at radius 3 is 2.36 bits per heavy atom. The second-order valence-corrected chi connectivity index (χ2v) is 8.10. The zero-order chi connectivity index (χ0) is 22.5. The molecule has 5 rings (SSSR count). The van der Waals surface area contributed by atoms with E-state index >= 15 is 0 Å². The van der Waals surface area contributed by atoms with Crippen LogP contribution in [0.1, 0.15) is 15.9 Å². The van der Waals surface area contributed by atoms with Crippen molar-refractivity contribution in [2.45, 2.75) is 6.54 Å². The highest BCUT2D eigenvalue weighted by molar-refractivity contribution is 5.95. The lowest BCUT2D eigenvalue weighted by Crippen LogP contribution is -3.12. The Morgan fingerprint density at radius 2 is 1.52 bits per heavy atom. The van der Waals surface area contributed by atoms with Crippen molar-refractivity contribution >= 4 is 16.7 Å². The molecule has 0 spiro atoms. The zero-order valence-corrected chi connectivity index (χ0v) is 18.3. The second kappa shape index (κ2) is 9.86. The van der Waals surface area contributed by atoms with Crippen molar-refractivity contribution in [2.75, 3.05) is 26.3 Å². The SMILES string of the molecule is O=C(Oc1ccc2ccccc2c1C[NH+]1CCOCC1)c1ccccc1Oc1ccccc1. The third-order valence-corrected chi connectivity index (χ3v) is 5.90. The first-order valence-electron chi connectivity index (χ1n) is 11.2. The van der Waals surface area contributed by atoms with Crippen molar-refractivity contribution in [3.8, 4) is 17.2 Å². The van der Waals surface area contributed by atoms with Crippen molar-refractivity contribution in [1.82, 2.24) is 0 Å². The highest BCUT2D eigenvalue weighted by atomic mass is 16.5. The largest absolute Gasteiger partial charge is 0.456 e. The summed E-state index contributed by atoms with van der Waals surface area (Å²) in [5.74, 6) is 1.29. The Hall–Kier alpha value is -3.67. The summed E-state index contributed by atoms with van der Waals surface area (Å²) in [6, 6.07) is 28.7.